The van der Waals surface area contributed by atoms with Gasteiger partial charge in [-0.05, 0) is 36.4 Å². The fourth-order valence-corrected chi connectivity index (χ4v) is 2.63. The van der Waals surface area contributed by atoms with Gasteiger partial charge in [-0.15, -0.1) is 11.3 Å². The first-order chi connectivity index (χ1) is 9.30. The van der Waals surface area contributed by atoms with E-state index in [1.54, 1.807) is 24.3 Å². The van der Waals surface area contributed by atoms with Crippen LogP contribution in [-0.2, 0) is 0 Å². The summed E-state index contributed by atoms with van der Waals surface area (Å²) in [6, 6.07) is 10.5. The second-order valence-corrected chi connectivity index (χ2v) is 4.89. The molecular weight excluding hydrogens is 264 g/mol. The lowest BCUT2D eigenvalue weighted by Gasteiger charge is -1.90. The second kappa shape index (κ2) is 4.70. The molecule has 3 heterocycles. The summed E-state index contributed by atoms with van der Waals surface area (Å²) in [7, 11) is 0. The van der Waals surface area contributed by atoms with Crippen molar-refractivity contribution >= 4 is 23.9 Å². The molecule has 3 aromatic heterocycles. The van der Waals surface area contributed by atoms with Gasteiger partial charge in [0.2, 0.25) is 0 Å². The van der Waals surface area contributed by atoms with Gasteiger partial charge < -0.3 is 8.83 Å². The van der Waals surface area contributed by atoms with Crippen molar-refractivity contribution in [3.8, 4) is 21.3 Å². The Labute approximate surface area is 112 Å². The maximum absolute atomic E-state index is 10.6. The standard InChI is InChI=1S/C14H8O4S/c15-7-9-1-3-11(17-9)13-5-6-14(19-13)12-4-2-10(8-16)18-12/h1-8H. The van der Waals surface area contributed by atoms with Gasteiger partial charge in [-0.2, -0.15) is 0 Å². The highest BCUT2D eigenvalue weighted by atomic mass is 32.1. The molecule has 4 nitrogen and oxygen atoms in total. The molecule has 0 aliphatic rings. The highest BCUT2D eigenvalue weighted by Crippen LogP contribution is 2.35. The molecule has 0 saturated carbocycles. The smallest absolute Gasteiger partial charge is 0.185 e. The largest absolute Gasteiger partial charge is 0.452 e. The van der Waals surface area contributed by atoms with Gasteiger partial charge in [0.05, 0.1) is 9.75 Å². The molecular formula is C14H8O4S. The number of carbonyl (C=O) groups excluding carboxylic acids is 2. The first-order valence-electron chi connectivity index (χ1n) is 5.51. The van der Waals surface area contributed by atoms with Gasteiger partial charge in [-0.3, -0.25) is 9.59 Å². The molecule has 0 N–H and O–H groups in total. The molecule has 3 aromatic rings. The average molecular weight is 272 g/mol. The molecule has 0 atom stereocenters. The number of hydrogen-bond donors (Lipinski definition) is 0. The van der Waals surface area contributed by atoms with Crippen LogP contribution in [0.4, 0.5) is 0 Å². The molecule has 0 aromatic carbocycles. The van der Waals surface area contributed by atoms with Gasteiger partial charge in [0.15, 0.2) is 24.1 Å². The lowest BCUT2D eigenvalue weighted by Crippen LogP contribution is -1.68. The van der Waals surface area contributed by atoms with Gasteiger partial charge in [0.25, 0.3) is 0 Å². The lowest BCUT2D eigenvalue weighted by atomic mass is 10.3. The molecule has 0 amide bonds. The normalized spacial score (nSPS) is 10.5. The van der Waals surface area contributed by atoms with Gasteiger partial charge in [0, 0.05) is 0 Å². The Morgan fingerprint density at radius 3 is 1.58 bits per heavy atom. The molecule has 0 spiro atoms. The maximum Gasteiger partial charge on any atom is 0.185 e. The molecule has 0 saturated heterocycles. The number of carbonyl (C=O) groups is 2. The van der Waals surface area contributed by atoms with Crippen molar-refractivity contribution in [3.05, 3.63) is 47.9 Å². The van der Waals surface area contributed by atoms with Gasteiger partial charge in [0.1, 0.15) is 11.5 Å². The van der Waals surface area contributed by atoms with Crippen LogP contribution < -0.4 is 0 Å². The highest BCUT2D eigenvalue weighted by Gasteiger charge is 2.11. The van der Waals surface area contributed by atoms with Gasteiger partial charge in [-0.1, -0.05) is 0 Å². The zero-order chi connectivity index (χ0) is 13.2. The monoisotopic (exact) mass is 272 g/mol. The Morgan fingerprint density at radius 1 is 0.737 bits per heavy atom. The van der Waals surface area contributed by atoms with E-state index in [0.29, 0.717) is 35.6 Å². The van der Waals surface area contributed by atoms with E-state index in [4.69, 9.17) is 8.83 Å². The first kappa shape index (κ1) is 11.7. The third-order valence-corrected chi connectivity index (χ3v) is 3.69. The molecule has 0 aliphatic carbocycles. The van der Waals surface area contributed by atoms with Crippen LogP contribution in [-0.4, -0.2) is 12.6 Å². The van der Waals surface area contributed by atoms with Crippen molar-refractivity contribution in [2.24, 2.45) is 0 Å². The minimum atomic E-state index is 0.297. The van der Waals surface area contributed by atoms with Crippen LogP contribution in [0.15, 0.2) is 45.2 Å². The van der Waals surface area contributed by atoms with Crippen LogP contribution >= 0.6 is 11.3 Å². The van der Waals surface area contributed by atoms with Crippen LogP contribution in [0.3, 0.4) is 0 Å². The minimum Gasteiger partial charge on any atom is -0.452 e. The van der Waals surface area contributed by atoms with Crippen molar-refractivity contribution in [1.29, 1.82) is 0 Å². The van der Waals surface area contributed by atoms with Gasteiger partial charge >= 0.3 is 0 Å². The zero-order valence-electron chi connectivity index (χ0n) is 9.66. The molecule has 3 rings (SSSR count). The SMILES string of the molecule is O=Cc1ccc(-c2ccc(-c3ccc(C=O)o3)s2)o1. The van der Waals surface area contributed by atoms with Crippen LogP contribution in [0, 0.1) is 0 Å². The van der Waals surface area contributed by atoms with Crippen molar-refractivity contribution in [3.63, 3.8) is 0 Å². The summed E-state index contributed by atoms with van der Waals surface area (Å²) in [4.78, 5) is 22.9. The fourth-order valence-electron chi connectivity index (χ4n) is 1.70. The van der Waals surface area contributed by atoms with E-state index >= 15 is 0 Å². The van der Waals surface area contributed by atoms with E-state index in [2.05, 4.69) is 0 Å². The Balaban J connectivity index is 1.94. The molecule has 5 heteroatoms. The molecule has 0 aliphatic heterocycles. The zero-order valence-corrected chi connectivity index (χ0v) is 10.5. The quantitative estimate of drug-likeness (QED) is 0.676. The van der Waals surface area contributed by atoms with Crippen molar-refractivity contribution in [2.45, 2.75) is 0 Å². The Hall–Kier alpha value is -2.40. The van der Waals surface area contributed by atoms with Gasteiger partial charge in [-0.25, -0.2) is 0 Å². The predicted octanol–water partition coefficient (Wildman–Crippen LogP) is 3.89. The third-order valence-electron chi connectivity index (χ3n) is 2.58. The number of hydrogen-bond acceptors (Lipinski definition) is 5. The van der Waals surface area contributed by atoms with E-state index in [0.717, 1.165) is 9.75 Å². The van der Waals surface area contributed by atoms with Crippen molar-refractivity contribution < 1.29 is 18.4 Å². The summed E-state index contributed by atoms with van der Waals surface area (Å²) < 4.78 is 10.7. The fraction of sp³-hybridized carbons (Fsp3) is 0. The number of thiophene rings is 1. The van der Waals surface area contributed by atoms with Crippen molar-refractivity contribution in [1.82, 2.24) is 0 Å². The van der Waals surface area contributed by atoms with E-state index in [-0.39, 0.29) is 0 Å². The molecule has 19 heavy (non-hydrogen) atoms. The van der Waals surface area contributed by atoms with Crippen LogP contribution in [0.5, 0.6) is 0 Å². The average Bonchev–Trinajstić information content (AvgIpc) is 3.16. The van der Waals surface area contributed by atoms with Crippen LogP contribution in [0.25, 0.3) is 21.3 Å². The predicted molar refractivity (Wildman–Crippen MR) is 70.5 cm³/mol. The Bertz CT molecular complexity index is 671. The third kappa shape index (κ3) is 2.15. The lowest BCUT2D eigenvalue weighted by molar-refractivity contribution is 0.109. The van der Waals surface area contributed by atoms with Crippen LogP contribution in [0.2, 0.25) is 0 Å². The first-order valence-corrected chi connectivity index (χ1v) is 6.32. The molecule has 94 valence electrons. The molecule has 0 bridgehead atoms. The summed E-state index contributed by atoms with van der Waals surface area (Å²) in [6.07, 6.45) is 1.34. The van der Waals surface area contributed by atoms with E-state index in [9.17, 15) is 9.59 Å². The topological polar surface area (TPSA) is 60.4 Å². The van der Waals surface area contributed by atoms with E-state index < -0.39 is 0 Å². The number of furan rings is 2. The molecule has 0 unspecified atom stereocenters. The van der Waals surface area contributed by atoms with E-state index in [1.807, 2.05) is 12.1 Å². The number of aldehydes is 2. The van der Waals surface area contributed by atoms with E-state index in [1.165, 1.54) is 11.3 Å². The number of rotatable bonds is 4. The molecule has 0 fully saturated rings. The summed E-state index contributed by atoms with van der Waals surface area (Å²) in [5, 5.41) is 0. The Morgan fingerprint density at radius 2 is 1.21 bits per heavy atom. The summed E-state index contributed by atoms with van der Waals surface area (Å²) in [5.74, 6) is 1.87. The summed E-state index contributed by atoms with van der Waals surface area (Å²) in [5.41, 5.74) is 0. The second-order valence-electron chi connectivity index (χ2n) is 3.80. The minimum absolute atomic E-state index is 0.297. The maximum atomic E-state index is 10.6. The molecule has 0 radical (unpaired) electrons. The highest BCUT2D eigenvalue weighted by molar-refractivity contribution is 7.18. The van der Waals surface area contributed by atoms with Crippen molar-refractivity contribution in [2.75, 3.05) is 0 Å². The summed E-state index contributed by atoms with van der Waals surface area (Å²) >= 11 is 1.47. The Kier molecular flexibility index (Phi) is 2.89. The summed E-state index contributed by atoms with van der Waals surface area (Å²) in [6.45, 7) is 0. The van der Waals surface area contributed by atoms with Crippen LogP contribution in [0.1, 0.15) is 21.1 Å².